The number of nitrogens with one attached hydrogen (secondary N) is 2. The van der Waals surface area contributed by atoms with E-state index in [9.17, 15) is 0 Å². The Labute approximate surface area is 150 Å². The van der Waals surface area contributed by atoms with Gasteiger partial charge in [0.2, 0.25) is 0 Å². The van der Waals surface area contributed by atoms with Gasteiger partial charge in [-0.3, -0.25) is 4.98 Å². The molecule has 2 aromatic rings. The van der Waals surface area contributed by atoms with Crippen LogP contribution in [0.15, 0.2) is 24.5 Å². The fourth-order valence-electron chi connectivity index (χ4n) is 3.33. The highest BCUT2D eigenvalue weighted by Gasteiger charge is 2.12. The second-order valence-electron chi connectivity index (χ2n) is 6.92. The Morgan fingerprint density at radius 1 is 1.08 bits per heavy atom. The second kappa shape index (κ2) is 8.90. The van der Waals surface area contributed by atoms with E-state index in [4.69, 9.17) is 4.98 Å². The Hall–Kier alpha value is -2.01. The minimum atomic E-state index is 0.731. The van der Waals surface area contributed by atoms with Gasteiger partial charge in [-0.2, -0.15) is 0 Å². The molecule has 1 aliphatic carbocycles. The number of aromatic nitrogens is 3. The maximum atomic E-state index is 4.71. The Morgan fingerprint density at radius 3 is 2.68 bits per heavy atom. The van der Waals surface area contributed by atoms with Gasteiger partial charge in [0.15, 0.2) is 5.82 Å². The van der Waals surface area contributed by atoms with Gasteiger partial charge >= 0.3 is 0 Å². The van der Waals surface area contributed by atoms with Crippen LogP contribution in [-0.4, -0.2) is 34.1 Å². The summed E-state index contributed by atoms with van der Waals surface area (Å²) in [5, 5.41) is 7.18. The number of anilines is 1. The number of hydrogen-bond acceptors (Lipinski definition) is 5. The molecule has 1 saturated carbocycles. The summed E-state index contributed by atoms with van der Waals surface area (Å²) >= 11 is 0. The van der Waals surface area contributed by atoms with Crippen molar-refractivity contribution in [2.75, 3.05) is 18.4 Å². The molecule has 0 aromatic carbocycles. The van der Waals surface area contributed by atoms with Crippen molar-refractivity contribution in [3.05, 3.63) is 35.8 Å². The number of nitrogens with zero attached hydrogens (tertiary/aromatic N) is 3. The van der Waals surface area contributed by atoms with Crippen molar-refractivity contribution in [1.29, 1.82) is 0 Å². The zero-order valence-corrected chi connectivity index (χ0v) is 15.4. The predicted octanol–water partition coefficient (Wildman–Crippen LogP) is 3.88. The Bertz CT molecular complexity index is 665. The molecule has 1 fully saturated rings. The maximum absolute atomic E-state index is 4.71. The molecular weight excluding hydrogens is 310 g/mol. The van der Waals surface area contributed by atoms with E-state index in [1.54, 1.807) is 6.20 Å². The summed E-state index contributed by atoms with van der Waals surface area (Å²) in [5.41, 5.74) is 3.08. The third-order valence-electron chi connectivity index (χ3n) is 4.99. The fraction of sp³-hybridized carbons (Fsp3) is 0.550. The first-order valence-corrected chi connectivity index (χ1v) is 9.47. The molecule has 2 aromatic heterocycles. The van der Waals surface area contributed by atoms with Gasteiger partial charge in [0.1, 0.15) is 5.82 Å². The molecule has 0 radical (unpaired) electrons. The first-order valence-electron chi connectivity index (χ1n) is 9.47. The minimum Gasteiger partial charge on any atom is -0.370 e. The van der Waals surface area contributed by atoms with E-state index >= 15 is 0 Å². The van der Waals surface area contributed by atoms with Gasteiger partial charge in [0.05, 0.1) is 0 Å². The lowest BCUT2D eigenvalue weighted by molar-refractivity contribution is 0.373. The molecule has 0 atom stereocenters. The van der Waals surface area contributed by atoms with Crippen LogP contribution in [0, 0.1) is 13.8 Å². The molecule has 3 rings (SSSR count). The van der Waals surface area contributed by atoms with Crippen molar-refractivity contribution < 1.29 is 0 Å². The Morgan fingerprint density at radius 2 is 1.92 bits per heavy atom. The van der Waals surface area contributed by atoms with Crippen LogP contribution in [0.25, 0.3) is 11.4 Å². The fourth-order valence-corrected chi connectivity index (χ4v) is 3.33. The van der Waals surface area contributed by atoms with E-state index in [1.165, 1.54) is 32.1 Å². The zero-order valence-electron chi connectivity index (χ0n) is 15.4. The molecule has 0 bridgehead atoms. The number of hydrogen-bond donors (Lipinski definition) is 2. The summed E-state index contributed by atoms with van der Waals surface area (Å²) < 4.78 is 0. The van der Waals surface area contributed by atoms with E-state index in [0.717, 1.165) is 54.0 Å². The summed E-state index contributed by atoms with van der Waals surface area (Å²) in [4.78, 5) is 13.5. The van der Waals surface area contributed by atoms with Crippen LogP contribution < -0.4 is 10.6 Å². The van der Waals surface area contributed by atoms with Crippen molar-refractivity contribution in [1.82, 2.24) is 20.3 Å². The van der Waals surface area contributed by atoms with Crippen molar-refractivity contribution in [2.24, 2.45) is 0 Å². The van der Waals surface area contributed by atoms with Gasteiger partial charge in [-0.1, -0.05) is 19.3 Å². The topological polar surface area (TPSA) is 62.7 Å². The number of rotatable bonds is 7. The van der Waals surface area contributed by atoms with E-state index < -0.39 is 0 Å². The van der Waals surface area contributed by atoms with E-state index in [2.05, 4.69) is 27.5 Å². The monoisotopic (exact) mass is 339 g/mol. The summed E-state index contributed by atoms with van der Waals surface area (Å²) in [6, 6.07) is 4.64. The molecule has 2 heterocycles. The second-order valence-corrected chi connectivity index (χ2v) is 6.92. The van der Waals surface area contributed by atoms with Crippen molar-refractivity contribution in [2.45, 2.75) is 58.4 Å². The molecule has 0 unspecified atom stereocenters. The molecule has 25 heavy (non-hydrogen) atoms. The van der Waals surface area contributed by atoms with Crippen LogP contribution in [0.1, 0.15) is 49.8 Å². The highest BCUT2D eigenvalue weighted by molar-refractivity contribution is 5.58. The van der Waals surface area contributed by atoms with Crippen molar-refractivity contribution >= 4 is 5.82 Å². The Balaban J connectivity index is 1.54. The van der Waals surface area contributed by atoms with Crippen LogP contribution in [0.5, 0.6) is 0 Å². The first kappa shape index (κ1) is 17.8. The largest absolute Gasteiger partial charge is 0.370 e. The van der Waals surface area contributed by atoms with Gasteiger partial charge in [-0.25, -0.2) is 9.97 Å². The predicted molar refractivity (Wildman–Crippen MR) is 103 cm³/mol. The lowest BCUT2D eigenvalue weighted by atomic mass is 9.95. The molecule has 5 nitrogen and oxygen atoms in total. The van der Waals surface area contributed by atoms with E-state index in [0.29, 0.717) is 0 Å². The van der Waals surface area contributed by atoms with Crippen molar-refractivity contribution in [3.8, 4) is 11.4 Å². The lowest BCUT2D eigenvalue weighted by Crippen LogP contribution is -2.32. The van der Waals surface area contributed by atoms with Gasteiger partial charge in [0, 0.05) is 41.8 Å². The smallest absolute Gasteiger partial charge is 0.163 e. The average Bonchev–Trinajstić information content (AvgIpc) is 2.66. The molecular formula is C20H29N5. The van der Waals surface area contributed by atoms with Crippen LogP contribution in [-0.2, 0) is 0 Å². The van der Waals surface area contributed by atoms with E-state index in [1.807, 2.05) is 25.3 Å². The zero-order chi connectivity index (χ0) is 17.5. The molecule has 0 aliphatic heterocycles. The highest BCUT2D eigenvalue weighted by atomic mass is 15.0. The lowest BCUT2D eigenvalue weighted by Gasteiger charge is -2.22. The third kappa shape index (κ3) is 4.98. The summed E-state index contributed by atoms with van der Waals surface area (Å²) in [5.74, 6) is 1.67. The third-order valence-corrected chi connectivity index (χ3v) is 4.99. The van der Waals surface area contributed by atoms with Gasteiger partial charge in [-0.15, -0.1) is 0 Å². The van der Waals surface area contributed by atoms with Crippen molar-refractivity contribution in [3.63, 3.8) is 0 Å². The molecule has 0 saturated heterocycles. The minimum absolute atomic E-state index is 0.731. The van der Waals surface area contributed by atoms with E-state index in [-0.39, 0.29) is 0 Å². The summed E-state index contributed by atoms with van der Waals surface area (Å²) in [7, 11) is 0. The highest BCUT2D eigenvalue weighted by Crippen LogP contribution is 2.21. The molecule has 5 heteroatoms. The average molecular weight is 339 g/mol. The Kier molecular flexibility index (Phi) is 6.34. The summed E-state index contributed by atoms with van der Waals surface area (Å²) in [6.45, 7) is 6.09. The standard InChI is InChI=1S/C20H29N5/c1-15-16(2)24-20(17-8-6-11-21-14-17)25-19(15)23-13-7-12-22-18-9-4-3-5-10-18/h6,8,11,14,18,22H,3-5,7,9-10,12-13H2,1-2H3,(H,23,24,25). The molecule has 1 aliphatic rings. The number of aryl methyl sites for hydroxylation is 1. The number of pyridine rings is 1. The van der Waals surface area contributed by atoms with Crippen LogP contribution in [0.2, 0.25) is 0 Å². The quantitative estimate of drug-likeness (QED) is 0.750. The first-order chi connectivity index (χ1) is 12.2. The van der Waals surface area contributed by atoms with Gasteiger partial charge in [0.25, 0.3) is 0 Å². The maximum Gasteiger partial charge on any atom is 0.163 e. The van der Waals surface area contributed by atoms with Crippen LogP contribution >= 0.6 is 0 Å². The SMILES string of the molecule is Cc1nc(-c2cccnc2)nc(NCCCNC2CCCCC2)c1C. The van der Waals surface area contributed by atoms with Crippen LogP contribution in [0.3, 0.4) is 0 Å². The summed E-state index contributed by atoms with van der Waals surface area (Å²) in [6.07, 6.45) is 11.5. The molecule has 134 valence electrons. The molecule has 0 amide bonds. The normalized spacial score (nSPS) is 15.3. The van der Waals surface area contributed by atoms with Crippen LogP contribution in [0.4, 0.5) is 5.82 Å². The van der Waals surface area contributed by atoms with Gasteiger partial charge < -0.3 is 10.6 Å². The molecule has 2 N–H and O–H groups in total. The van der Waals surface area contributed by atoms with Gasteiger partial charge in [-0.05, 0) is 51.8 Å². The molecule has 0 spiro atoms.